The van der Waals surface area contributed by atoms with Gasteiger partial charge in [-0.05, 0) is 65.5 Å². The summed E-state index contributed by atoms with van der Waals surface area (Å²) in [5, 5.41) is 3.51. The molecule has 1 aliphatic rings. The highest BCUT2D eigenvalue weighted by molar-refractivity contribution is 9.10. The van der Waals surface area contributed by atoms with Gasteiger partial charge in [0, 0.05) is 0 Å². The zero-order valence-electron chi connectivity index (χ0n) is 8.19. The van der Waals surface area contributed by atoms with Gasteiger partial charge in [-0.3, -0.25) is 0 Å². The minimum absolute atomic E-state index is 0.206. The van der Waals surface area contributed by atoms with Crippen molar-refractivity contribution in [2.75, 3.05) is 13.1 Å². The molecule has 0 radical (unpaired) electrons. The maximum Gasteiger partial charge on any atom is 0.155 e. The molecule has 0 amide bonds. The van der Waals surface area contributed by atoms with E-state index in [9.17, 15) is 4.39 Å². The largest absolute Gasteiger partial charge is 0.317 e. The second-order valence-corrected chi connectivity index (χ2v) is 5.08. The molecule has 1 aliphatic heterocycles. The van der Waals surface area contributed by atoms with E-state index < -0.39 is 0 Å². The molecule has 0 spiro atoms. The van der Waals surface area contributed by atoms with Gasteiger partial charge in [0.25, 0.3) is 0 Å². The average Bonchev–Trinajstić information content (AvgIpc) is 2.26. The number of nitrogens with one attached hydrogen (secondary N) is 1. The van der Waals surface area contributed by atoms with Crippen LogP contribution in [-0.4, -0.2) is 13.1 Å². The zero-order valence-corrected chi connectivity index (χ0v) is 10.5. The minimum atomic E-state index is -0.366. The minimum Gasteiger partial charge on any atom is -0.317 e. The normalized spacial score (nSPS) is 18.1. The fourth-order valence-electron chi connectivity index (χ4n) is 1.97. The Morgan fingerprint density at radius 3 is 2.60 bits per heavy atom. The van der Waals surface area contributed by atoms with Crippen molar-refractivity contribution >= 4 is 27.5 Å². The molecule has 0 aliphatic carbocycles. The molecule has 0 atom stereocenters. The van der Waals surface area contributed by atoms with E-state index in [0.717, 1.165) is 31.5 Å². The van der Waals surface area contributed by atoms with Crippen molar-refractivity contribution in [2.24, 2.45) is 0 Å². The number of piperidine rings is 1. The van der Waals surface area contributed by atoms with Crippen molar-refractivity contribution in [3.63, 3.8) is 0 Å². The lowest BCUT2D eigenvalue weighted by molar-refractivity contribution is 0.459. The molecule has 82 valence electrons. The first-order valence-electron chi connectivity index (χ1n) is 5.03. The van der Waals surface area contributed by atoms with Crippen LogP contribution in [-0.2, 0) is 0 Å². The molecule has 15 heavy (non-hydrogen) atoms. The highest BCUT2D eigenvalue weighted by Crippen LogP contribution is 2.32. The molecular weight excluding hydrogens is 280 g/mol. The Morgan fingerprint density at radius 1 is 1.33 bits per heavy atom. The molecule has 0 aromatic heterocycles. The van der Waals surface area contributed by atoms with Crippen LogP contribution in [0.1, 0.15) is 24.3 Å². The van der Waals surface area contributed by atoms with Crippen LogP contribution in [0.5, 0.6) is 0 Å². The average molecular weight is 293 g/mol. The van der Waals surface area contributed by atoms with Gasteiger partial charge in [0.05, 0.1) is 9.50 Å². The lowest BCUT2D eigenvalue weighted by atomic mass is 9.90. The third-order valence-corrected chi connectivity index (χ3v) is 3.67. The second-order valence-electron chi connectivity index (χ2n) is 3.82. The maximum atomic E-state index is 13.3. The van der Waals surface area contributed by atoms with Crippen molar-refractivity contribution in [2.45, 2.75) is 18.8 Å². The number of hydrogen-bond acceptors (Lipinski definition) is 1. The maximum absolute atomic E-state index is 13.3. The molecule has 1 nitrogen and oxygen atoms in total. The van der Waals surface area contributed by atoms with E-state index in [1.807, 2.05) is 6.07 Å². The number of hydrogen-bond donors (Lipinski definition) is 1. The van der Waals surface area contributed by atoms with Crippen LogP contribution in [0.25, 0.3) is 0 Å². The van der Waals surface area contributed by atoms with Gasteiger partial charge in [0.15, 0.2) is 5.82 Å². The van der Waals surface area contributed by atoms with E-state index in [-0.39, 0.29) is 10.8 Å². The van der Waals surface area contributed by atoms with Crippen molar-refractivity contribution in [3.8, 4) is 0 Å². The third-order valence-electron chi connectivity index (χ3n) is 2.82. The molecule has 0 unspecified atom stereocenters. The van der Waals surface area contributed by atoms with Gasteiger partial charge in [0.1, 0.15) is 0 Å². The molecule has 0 saturated carbocycles. The first-order valence-corrected chi connectivity index (χ1v) is 6.20. The van der Waals surface area contributed by atoms with Gasteiger partial charge in [-0.2, -0.15) is 0 Å². The topological polar surface area (TPSA) is 12.0 Å². The Balaban J connectivity index is 2.27. The second kappa shape index (κ2) is 4.81. The summed E-state index contributed by atoms with van der Waals surface area (Å²) in [6.07, 6.45) is 2.18. The van der Waals surface area contributed by atoms with Gasteiger partial charge in [-0.15, -0.1) is 0 Å². The van der Waals surface area contributed by atoms with Gasteiger partial charge in [0.2, 0.25) is 0 Å². The first kappa shape index (κ1) is 11.4. The SMILES string of the molecule is Fc1c(Cl)cc(C2CCNCC2)cc1Br. The van der Waals surface area contributed by atoms with Crippen LogP contribution >= 0.6 is 27.5 Å². The molecule has 1 saturated heterocycles. The molecule has 0 bridgehead atoms. The zero-order chi connectivity index (χ0) is 10.8. The lowest BCUT2D eigenvalue weighted by Gasteiger charge is -2.23. The first-order chi connectivity index (χ1) is 7.18. The van der Waals surface area contributed by atoms with E-state index in [0.29, 0.717) is 10.4 Å². The van der Waals surface area contributed by atoms with Crippen molar-refractivity contribution in [3.05, 3.63) is 33.0 Å². The van der Waals surface area contributed by atoms with Crippen LogP contribution in [0.15, 0.2) is 16.6 Å². The van der Waals surface area contributed by atoms with Gasteiger partial charge in [-0.1, -0.05) is 11.6 Å². The number of halogens is 3. The highest BCUT2D eigenvalue weighted by Gasteiger charge is 2.17. The quantitative estimate of drug-likeness (QED) is 0.778. The van der Waals surface area contributed by atoms with E-state index in [1.54, 1.807) is 6.07 Å². The molecule has 1 N–H and O–H groups in total. The molecule has 1 aromatic carbocycles. The van der Waals surface area contributed by atoms with Crippen molar-refractivity contribution in [1.82, 2.24) is 5.32 Å². The van der Waals surface area contributed by atoms with E-state index >= 15 is 0 Å². The molecular formula is C11H12BrClFN. The summed E-state index contributed by atoms with van der Waals surface area (Å²) in [6.45, 7) is 2.05. The van der Waals surface area contributed by atoms with E-state index in [4.69, 9.17) is 11.6 Å². The predicted octanol–water partition coefficient (Wildman–Crippen LogP) is 3.71. The molecule has 1 heterocycles. The Bertz CT molecular complexity index is 341. The summed E-state index contributed by atoms with van der Waals surface area (Å²) >= 11 is 9.01. The molecule has 4 heteroatoms. The fraction of sp³-hybridized carbons (Fsp3) is 0.455. The summed E-state index contributed by atoms with van der Waals surface area (Å²) < 4.78 is 13.7. The standard InChI is InChI=1S/C11H12BrClFN/c12-9-5-8(6-10(13)11(9)14)7-1-3-15-4-2-7/h5-7,15H,1-4H2. The Hall–Kier alpha value is -0.120. The van der Waals surface area contributed by atoms with Gasteiger partial charge < -0.3 is 5.32 Å². The van der Waals surface area contributed by atoms with Gasteiger partial charge in [-0.25, -0.2) is 4.39 Å². The van der Waals surface area contributed by atoms with E-state index in [2.05, 4.69) is 21.2 Å². The Kier molecular flexibility index (Phi) is 3.65. The highest BCUT2D eigenvalue weighted by atomic mass is 79.9. The summed E-state index contributed by atoms with van der Waals surface area (Å²) in [4.78, 5) is 0. The van der Waals surface area contributed by atoms with Gasteiger partial charge >= 0.3 is 0 Å². The summed E-state index contributed by atoms with van der Waals surface area (Å²) in [5.74, 6) is 0.134. The molecule has 1 fully saturated rings. The van der Waals surface area contributed by atoms with Crippen LogP contribution in [0.4, 0.5) is 4.39 Å². The summed E-state index contributed by atoms with van der Waals surface area (Å²) in [7, 11) is 0. The predicted molar refractivity (Wildman–Crippen MR) is 64.0 cm³/mol. The van der Waals surface area contributed by atoms with Crippen molar-refractivity contribution in [1.29, 1.82) is 0 Å². The van der Waals surface area contributed by atoms with Crippen LogP contribution in [0.3, 0.4) is 0 Å². The summed E-state index contributed by atoms with van der Waals surface area (Å²) in [6, 6.07) is 3.59. The smallest absolute Gasteiger partial charge is 0.155 e. The Morgan fingerprint density at radius 2 is 2.00 bits per heavy atom. The van der Waals surface area contributed by atoms with Crippen LogP contribution in [0.2, 0.25) is 5.02 Å². The third kappa shape index (κ3) is 2.52. The fourth-order valence-corrected chi connectivity index (χ4v) is 2.79. The van der Waals surface area contributed by atoms with Crippen LogP contribution < -0.4 is 5.32 Å². The Labute approximate surface area is 102 Å². The number of rotatable bonds is 1. The lowest BCUT2D eigenvalue weighted by Crippen LogP contribution is -2.26. The summed E-state index contributed by atoms with van der Waals surface area (Å²) in [5.41, 5.74) is 1.13. The number of benzene rings is 1. The monoisotopic (exact) mass is 291 g/mol. The van der Waals surface area contributed by atoms with Crippen molar-refractivity contribution < 1.29 is 4.39 Å². The molecule has 1 aromatic rings. The van der Waals surface area contributed by atoms with Crippen LogP contribution in [0, 0.1) is 5.82 Å². The van der Waals surface area contributed by atoms with E-state index in [1.165, 1.54) is 0 Å². The molecule has 2 rings (SSSR count).